The van der Waals surface area contributed by atoms with E-state index < -0.39 is 0 Å². The van der Waals surface area contributed by atoms with E-state index in [0.29, 0.717) is 11.7 Å². The second kappa shape index (κ2) is 5.51. The number of halogens is 1. The molecule has 0 radical (unpaired) electrons. The summed E-state index contributed by atoms with van der Waals surface area (Å²) in [5.41, 5.74) is 0.733. The summed E-state index contributed by atoms with van der Waals surface area (Å²) >= 11 is 2.19. The van der Waals surface area contributed by atoms with E-state index >= 15 is 0 Å². The SMILES string of the molecule is Cc1noc(C2CCCN2C(=O)c2ccccc2I)n1. The van der Waals surface area contributed by atoms with Gasteiger partial charge < -0.3 is 9.42 Å². The highest BCUT2D eigenvalue weighted by atomic mass is 127. The van der Waals surface area contributed by atoms with Crippen LogP contribution < -0.4 is 0 Å². The number of benzene rings is 1. The predicted molar refractivity (Wildman–Crippen MR) is 81.2 cm³/mol. The van der Waals surface area contributed by atoms with E-state index in [-0.39, 0.29) is 11.9 Å². The van der Waals surface area contributed by atoms with Crippen LogP contribution in [0.1, 0.15) is 41.0 Å². The molecule has 1 fully saturated rings. The van der Waals surface area contributed by atoms with Crippen LogP contribution in [-0.4, -0.2) is 27.5 Å². The summed E-state index contributed by atoms with van der Waals surface area (Å²) in [5.74, 6) is 1.18. The Labute approximate surface area is 130 Å². The minimum absolute atomic E-state index is 0.0355. The molecule has 0 saturated carbocycles. The lowest BCUT2D eigenvalue weighted by atomic mass is 10.1. The van der Waals surface area contributed by atoms with E-state index in [1.165, 1.54) is 0 Å². The Bertz CT molecular complexity index is 641. The number of rotatable bonds is 2. The van der Waals surface area contributed by atoms with Crippen molar-refractivity contribution < 1.29 is 9.32 Å². The van der Waals surface area contributed by atoms with Gasteiger partial charge in [0.1, 0.15) is 6.04 Å². The highest BCUT2D eigenvalue weighted by Gasteiger charge is 2.34. The third-order valence-corrected chi connectivity index (χ3v) is 4.39. The third kappa shape index (κ3) is 2.44. The summed E-state index contributed by atoms with van der Waals surface area (Å²) in [6, 6.07) is 7.52. The molecule has 6 heteroatoms. The summed E-state index contributed by atoms with van der Waals surface area (Å²) in [4.78, 5) is 18.8. The first-order valence-corrected chi connectivity index (χ1v) is 7.60. The molecule has 1 saturated heterocycles. The molecule has 2 heterocycles. The van der Waals surface area contributed by atoms with Crippen LogP contribution in [0.25, 0.3) is 0 Å². The molecule has 1 aliphatic rings. The Balaban J connectivity index is 1.89. The second-order valence-electron chi connectivity index (χ2n) is 4.82. The predicted octanol–water partition coefficient (Wildman–Crippen LogP) is 2.96. The van der Waals surface area contributed by atoms with Gasteiger partial charge in [-0.2, -0.15) is 4.98 Å². The van der Waals surface area contributed by atoms with E-state index in [9.17, 15) is 4.79 Å². The molecule has 104 valence electrons. The van der Waals surface area contributed by atoms with E-state index in [1.54, 1.807) is 6.92 Å². The van der Waals surface area contributed by atoms with Crippen molar-refractivity contribution in [2.75, 3.05) is 6.54 Å². The quantitative estimate of drug-likeness (QED) is 0.749. The lowest BCUT2D eigenvalue weighted by molar-refractivity contribution is 0.0709. The topological polar surface area (TPSA) is 59.2 Å². The van der Waals surface area contributed by atoms with Crippen molar-refractivity contribution in [3.8, 4) is 0 Å². The molecule has 0 aliphatic carbocycles. The monoisotopic (exact) mass is 383 g/mol. The highest BCUT2D eigenvalue weighted by Crippen LogP contribution is 2.32. The van der Waals surface area contributed by atoms with Gasteiger partial charge in [-0.25, -0.2) is 0 Å². The fraction of sp³-hybridized carbons (Fsp3) is 0.357. The molecule has 1 atom stereocenters. The van der Waals surface area contributed by atoms with Gasteiger partial charge in [0.25, 0.3) is 5.91 Å². The van der Waals surface area contributed by atoms with Crippen molar-refractivity contribution in [1.82, 2.24) is 15.0 Å². The molecule has 3 rings (SSSR count). The maximum Gasteiger partial charge on any atom is 0.255 e. The van der Waals surface area contributed by atoms with Gasteiger partial charge in [-0.15, -0.1) is 0 Å². The average Bonchev–Trinajstić information content (AvgIpc) is 3.06. The smallest absolute Gasteiger partial charge is 0.255 e. The normalized spacial score (nSPS) is 18.5. The van der Waals surface area contributed by atoms with E-state index in [1.807, 2.05) is 29.2 Å². The molecule has 2 aromatic rings. The number of nitrogens with zero attached hydrogens (tertiary/aromatic N) is 3. The Morgan fingerprint density at radius 3 is 2.95 bits per heavy atom. The summed E-state index contributed by atoms with van der Waals surface area (Å²) in [7, 11) is 0. The first-order valence-electron chi connectivity index (χ1n) is 6.52. The van der Waals surface area contributed by atoms with Crippen LogP contribution in [0.3, 0.4) is 0 Å². The Morgan fingerprint density at radius 1 is 1.45 bits per heavy atom. The minimum atomic E-state index is -0.0975. The van der Waals surface area contributed by atoms with Crippen LogP contribution in [0.15, 0.2) is 28.8 Å². The van der Waals surface area contributed by atoms with Crippen molar-refractivity contribution in [2.45, 2.75) is 25.8 Å². The largest absolute Gasteiger partial charge is 0.337 e. The maximum absolute atomic E-state index is 12.7. The molecule has 1 unspecified atom stereocenters. The second-order valence-corrected chi connectivity index (χ2v) is 5.98. The Hall–Kier alpha value is -1.44. The van der Waals surface area contributed by atoms with Gasteiger partial charge in [-0.05, 0) is 54.5 Å². The lowest BCUT2D eigenvalue weighted by Gasteiger charge is -2.22. The van der Waals surface area contributed by atoms with Crippen LogP contribution in [0, 0.1) is 10.5 Å². The number of amides is 1. The van der Waals surface area contributed by atoms with Crippen LogP contribution in [0.4, 0.5) is 0 Å². The average molecular weight is 383 g/mol. The molecular weight excluding hydrogens is 369 g/mol. The number of likely N-dealkylation sites (tertiary alicyclic amines) is 1. The van der Waals surface area contributed by atoms with Gasteiger partial charge >= 0.3 is 0 Å². The molecule has 1 aromatic heterocycles. The summed E-state index contributed by atoms with van der Waals surface area (Å²) in [6.45, 7) is 2.52. The number of hydrogen-bond acceptors (Lipinski definition) is 4. The molecule has 0 bridgehead atoms. The van der Waals surface area contributed by atoms with Crippen LogP contribution in [0.2, 0.25) is 0 Å². The van der Waals surface area contributed by atoms with Crippen LogP contribution in [0.5, 0.6) is 0 Å². The number of aromatic nitrogens is 2. The Morgan fingerprint density at radius 2 is 2.25 bits per heavy atom. The molecule has 1 amide bonds. The summed E-state index contributed by atoms with van der Waals surface area (Å²) in [5, 5.41) is 3.82. The van der Waals surface area contributed by atoms with Crippen LogP contribution >= 0.6 is 22.6 Å². The number of hydrogen-bond donors (Lipinski definition) is 0. The molecule has 1 aliphatic heterocycles. The van der Waals surface area contributed by atoms with Gasteiger partial charge in [0.2, 0.25) is 5.89 Å². The van der Waals surface area contributed by atoms with Crippen molar-refractivity contribution in [3.05, 3.63) is 45.1 Å². The zero-order valence-corrected chi connectivity index (χ0v) is 13.2. The fourth-order valence-electron chi connectivity index (χ4n) is 2.50. The first kappa shape index (κ1) is 13.5. The van der Waals surface area contributed by atoms with Crippen LogP contribution in [-0.2, 0) is 0 Å². The molecule has 1 aromatic carbocycles. The number of aryl methyl sites for hydroxylation is 1. The summed E-state index contributed by atoms with van der Waals surface area (Å²) in [6.07, 6.45) is 1.83. The third-order valence-electron chi connectivity index (χ3n) is 3.45. The number of carbonyl (C=O) groups is 1. The molecular formula is C14H14IN3O2. The zero-order valence-electron chi connectivity index (χ0n) is 11.0. The molecule has 20 heavy (non-hydrogen) atoms. The lowest BCUT2D eigenvalue weighted by Crippen LogP contribution is -2.31. The minimum Gasteiger partial charge on any atom is -0.337 e. The van der Waals surface area contributed by atoms with Gasteiger partial charge in [0.05, 0.1) is 5.56 Å². The highest BCUT2D eigenvalue weighted by molar-refractivity contribution is 14.1. The van der Waals surface area contributed by atoms with Crippen molar-refractivity contribution in [2.24, 2.45) is 0 Å². The summed E-state index contributed by atoms with van der Waals surface area (Å²) < 4.78 is 6.20. The molecule has 5 nitrogen and oxygen atoms in total. The van der Waals surface area contributed by atoms with Gasteiger partial charge in [-0.3, -0.25) is 4.79 Å². The van der Waals surface area contributed by atoms with Crippen molar-refractivity contribution in [1.29, 1.82) is 0 Å². The Kier molecular flexibility index (Phi) is 3.73. The molecule has 0 spiro atoms. The maximum atomic E-state index is 12.7. The van der Waals surface area contributed by atoms with E-state index in [2.05, 4.69) is 32.7 Å². The first-order chi connectivity index (χ1) is 9.66. The van der Waals surface area contributed by atoms with E-state index in [4.69, 9.17) is 4.52 Å². The van der Waals surface area contributed by atoms with Gasteiger partial charge in [0.15, 0.2) is 5.82 Å². The van der Waals surface area contributed by atoms with Crippen molar-refractivity contribution in [3.63, 3.8) is 0 Å². The standard InChI is InChI=1S/C14H14IN3O2/c1-9-16-13(20-17-9)12-7-4-8-18(12)14(19)10-5-2-3-6-11(10)15/h2-3,5-6,12H,4,7-8H2,1H3. The zero-order chi connectivity index (χ0) is 14.1. The van der Waals surface area contributed by atoms with Crippen molar-refractivity contribution >= 4 is 28.5 Å². The number of carbonyl (C=O) groups excluding carboxylic acids is 1. The fourth-order valence-corrected chi connectivity index (χ4v) is 3.12. The molecule has 0 N–H and O–H groups in total. The van der Waals surface area contributed by atoms with Gasteiger partial charge in [-0.1, -0.05) is 17.3 Å². The van der Waals surface area contributed by atoms with E-state index in [0.717, 1.165) is 28.5 Å². The van der Waals surface area contributed by atoms with Gasteiger partial charge in [0, 0.05) is 10.1 Å².